The molecule has 0 bridgehead atoms. The highest BCUT2D eigenvalue weighted by atomic mass is 16.5. The summed E-state index contributed by atoms with van der Waals surface area (Å²) in [7, 11) is 3.76. The third kappa shape index (κ3) is 4.75. The first-order valence-corrected chi connectivity index (χ1v) is 7.43. The summed E-state index contributed by atoms with van der Waals surface area (Å²) in [4.78, 5) is 2.49. The molecule has 0 unspecified atom stereocenters. The molecule has 2 rings (SSSR count). The Labute approximate surface area is 122 Å². The van der Waals surface area contributed by atoms with Gasteiger partial charge in [0.05, 0.1) is 6.61 Å². The zero-order valence-corrected chi connectivity index (χ0v) is 12.7. The molecular weight excluding hydrogens is 248 g/mol. The Morgan fingerprint density at radius 1 is 1.20 bits per heavy atom. The number of ether oxygens (including phenoxy) is 1. The zero-order chi connectivity index (χ0) is 14.2. The van der Waals surface area contributed by atoms with Crippen LogP contribution in [0.25, 0.3) is 0 Å². The van der Waals surface area contributed by atoms with Crippen molar-refractivity contribution in [1.29, 1.82) is 0 Å². The van der Waals surface area contributed by atoms with Crippen LogP contribution in [-0.4, -0.2) is 45.3 Å². The molecule has 0 atom stereocenters. The molecule has 0 aromatic heterocycles. The molecule has 3 heteroatoms. The highest BCUT2D eigenvalue weighted by Crippen LogP contribution is 2.14. The molecule has 20 heavy (non-hydrogen) atoms. The fourth-order valence-electron chi connectivity index (χ4n) is 2.55. The van der Waals surface area contributed by atoms with Gasteiger partial charge in [-0.1, -0.05) is 30.3 Å². The molecule has 3 nitrogen and oxygen atoms in total. The monoisotopic (exact) mass is 274 g/mol. The Bertz CT molecular complexity index is 425. The van der Waals surface area contributed by atoms with Crippen molar-refractivity contribution in [2.75, 3.05) is 40.4 Å². The van der Waals surface area contributed by atoms with Gasteiger partial charge >= 0.3 is 0 Å². The fraction of sp³-hybridized carbons (Fsp3) is 0.529. The van der Waals surface area contributed by atoms with Crippen molar-refractivity contribution in [1.82, 2.24) is 10.2 Å². The van der Waals surface area contributed by atoms with E-state index >= 15 is 0 Å². The second-order valence-corrected chi connectivity index (χ2v) is 5.45. The molecule has 0 radical (unpaired) electrons. The molecule has 110 valence electrons. The number of benzene rings is 1. The lowest BCUT2D eigenvalue weighted by Crippen LogP contribution is -2.29. The Morgan fingerprint density at radius 3 is 2.55 bits per heavy atom. The van der Waals surface area contributed by atoms with Crippen LogP contribution in [0.4, 0.5) is 0 Å². The molecule has 1 aliphatic rings. The van der Waals surface area contributed by atoms with E-state index < -0.39 is 0 Å². The summed E-state index contributed by atoms with van der Waals surface area (Å²) in [5.74, 6) is 0. The second-order valence-electron chi connectivity index (χ2n) is 5.45. The molecule has 1 aliphatic heterocycles. The van der Waals surface area contributed by atoms with Gasteiger partial charge in [0.25, 0.3) is 0 Å². The second kappa shape index (κ2) is 8.20. The van der Waals surface area contributed by atoms with Crippen molar-refractivity contribution in [2.24, 2.45) is 0 Å². The number of hydrogen-bond donors (Lipinski definition) is 1. The molecule has 0 fully saturated rings. The maximum atomic E-state index is 5.19. The van der Waals surface area contributed by atoms with E-state index in [2.05, 4.69) is 40.6 Å². The van der Waals surface area contributed by atoms with E-state index in [-0.39, 0.29) is 0 Å². The Morgan fingerprint density at radius 2 is 1.95 bits per heavy atom. The lowest BCUT2D eigenvalue weighted by Gasteiger charge is -2.26. The average Bonchev–Trinajstić information content (AvgIpc) is 2.49. The van der Waals surface area contributed by atoms with Gasteiger partial charge in [0.2, 0.25) is 0 Å². The van der Waals surface area contributed by atoms with Crippen LogP contribution >= 0.6 is 0 Å². The van der Waals surface area contributed by atoms with Gasteiger partial charge in [0, 0.05) is 26.7 Å². The molecule has 1 heterocycles. The van der Waals surface area contributed by atoms with Crippen LogP contribution in [0.5, 0.6) is 0 Å². The summed E-state index contributed by atoms with van der Waals surface area (Å²) < 4.78 is 5.19. The zero-order valence-electron chi connectivity index (χ0n) is 12.7. The Kier molecular flexibility index (Phi) is 6.25. The standard InChI is InChI=1S/C17H26N2O/c1-18-10-7-15-3-5-16(6-4-15)13-19-11-8-17(9-12-19)14-20-2/h3-6,8,18H,7,9-14H2,1-2H3. The van der Waals surface area contributed by atoms with E-state index in [1.54, 1.807) is 7.11 Å². The van der Waals surface area contributed by atoms with Gasteiger partial charge in [-0.3, -0.25) is 4.90 Å². The number of likely N-dealkylation sites (N-methyl/N-ethyl adjacent to an activating group) is 1. The molecule has 0 aliphatic carbocycles. The minimum atomic E-state index is 0.786. The van der Waals surface area contributed by atoms with Crippen LogP contribution in [0.15, 0.2) is 35.9 Å². The third-order valence-corrected chi connectivity index (χ3v) is 3.81. The van der Waals surface area contributed by atoms with Crippen LogP contribution < -0.4 is 5.32 Å². The van der Waals surface area contributed by atoms with Crippen molar-refractivity contribution >= 4 is 0 Å². The van der Waals surface area contributed by atoms with Gasteiger partial charge in [-0.25, -0.2) is 0 Å². The van der Waals surface area contributed by atoms with Crippen molar-refractivity contribution in [3.05, 3.63) is 47.0 Å². The lowest BCUT2D eigenvalue weighted by molar-refractivity contribution is 0.210. The molecule has 0 spiro atoms. The summed E-state index contributed by atoms with van der Waals surface area (Å²) in [5.41, 5.74) is 4.25. The van der Waals surface area contributed by atoms with Crippen LogP contribution in [0.2, 0.25) is 0 Å². The van der Waals surface area contributed by atoms with E-state index in [0.29, 0.717) is 0 Å². The van der Waals surface area contributed by atoms with Gasteiger partial charge in [-0.2, -0.15) is 0 Å². The summed E-state index contributed by atoms with van der Waals surface area (Å²) in [6.07, 6.45) is 4.55. The minimum absolute atomic E-state index is 0.786. The number of hydrogen-bond acceptors (Lipinski definition) is 3. The molecule has 0 saturated heterocycles. The van der Waals surface area contributed by atoms with Crippen LogP contribution in [-0.2, 0) is 17.7 Å². The topological polar surface area (TPSA) is 24.5 Å². The van der Waals surface area contributed by atoms with Crippen molar-refractivity contribution in [3.8, 4) is 0 Å². The fourth-order valence-corrected chi connectivity index (χ4v) is 2.55. The summed E-state index contributed by atoms with van der Waals surface area (Å²) in [6, 6.07) is 9.03. The summed E-state index contributed by atoms with van der Waals surface area (Å²) in [6.45, 7) is 5.05. The van der Waals surface area contributed by atoms with Gasteiger partial charge in [0.1, 0.15) is 0 Å². The molecule has 1 aromatic rings. The summed E-state index contributed by atoms with van der Waals surface area (Å²) in [5, 5.41) is 3.19. The Balaban J connectivity index is 1.82. The molecule has 1 N–H and O–H groups in total. The lowest BCUT2D eigenvalue weighted by atomic mass is 10.1. The summed E-state index contributed by atoms with van der Waals surface area (Å²) >= 11 is 0. The predicted molar refractivity (Wildman–Crippen MR) is 83.9 cm³/mol. The number of nitrogens with one attached hydrogen (secondary N) is 1. The normalized spacial score (nSPS) is 16.2. The largest absolute Gasteiger partial charge is 0.380 e. The van der Waals surface area contributed by atoms with Crippen molar-refractivity contribution in [3.63, 3.8) is 0 Å². The molecule has 0 saturated carbocycles. The van der Waals surface area contributed by atoms with E-state index in [1.165, 1.54) is 16.7 Å². The quantitative estimate of drug-likeness (QED) is 0.772. The van der Waals surface area contributed by atoms with E-state index in [0.717, 1.165) is 45.6 Å². The molecule has 0 amide bonds. The van der Waals surface area contributed by atoms with E-state index in [9.17, 15) is 0 Å². The van der Waals surface area contributed by atoms with Gasteiger partial charge < -0.3 is 10.1 Å². The van der Waals surface area contributed by atoms with Crippen LogP contribution in [0.3, 0.4) is 0 Å². The predicted octanol–water partition coefficient (Wildman–Crippen LogP) is 2.23. The third-order valence-electron chi connectivity index (χ3n) is 3.81. The Hall–Kier alpha value is -1.16. The first kappa shape index (κ1) is 15.2. The molecule has 1 aromatic carbocycles. The van der Waals surface area contributed by atoms with Crippen LogP contribution in [0, 0.1) is 0 Å². The SMILES string of the molecule is CNCCc1ccc(CN2CC=C(COC)CC2)cc1. The minimum Gasteiger partial charge on any atom is -0.380 e. The van der Waals surface area contributed by atoms with E-state index in [4.69, 9.17) is 4.74 Å². The highest BCUT2D eigenvalue weighted by Gasteiger charge is 2.11. The maximum absolute atomic E-state index is 5.19. The average molecular weight is 274 g/mol. The highest BCUT2D eigenvalue weighted by molar-refractivity contribution is 5.23. The first-order valence-electron chi connectivity index (χ1n) is 7.43. The van der Waals surface area contributed by atoms with E-state index in [1.807, 2.05) is 7.05 Å². The van der Waals surface area contributed by atoms with Gasteiger partial charge in [0.15, 0.2) is 0 Å². The van der Waals surface area contributed by atoms with Crippen molar-refractivity contribution in [2.45, 2.75) is 19.4 Å². The maximum Gasteiger partial charge on any atom is 0.0673 e. The van der Waals surface area contributed by atoms with Gasteiger partial charge in [-0.15, -0.1) is 0 Å². The van der Waals surface area contributed by atoms with Gasteiger partial charge in [-0.05, 0) is 43.1 Å². The number of nitrogens with zero attached hydrogens (tertiary/aromatic N) is 1. The number of rotatable bonds is 7. The van der Waals surface area contributed by atoms with Crippen molar-refractivity contribution < 1.29 is 4.74 Å². The smallest absolute Gasteiger partial charge is 0.0673 e. The number of methoxy groups -OCH3 is 1. The van der Waals surface area contributed by atoms with Crippen LogP contribution in [0.1, 0.15) is 17.5 Å². The first-order chi connectivity index (χ1) is 9.81. The molecular formula is C17H26N2O.